The molecular weight excluding hydrogens is 198 g/mol. The van der Waals surface area contributed by atoms with Crippen molar-refractivity contribution in [2.45, 2.75) is 13.8 Å². The van der Waals surface area contributed by atoms with Crippen molar-refractivity contribution in [3.05, 3.63) is 11.8 Å². The van der Waals surface area contributed by atoms with Crippen LogP contribution >= 0.6 is 0 Å². The van der Waals surface area contributed by atoms with E-state index in [1.54, 1.807) is 34.1 Å². The number of likely N-dealkylation sites (N-methyl/N-ethyl adjacent to an activating group) is 1. The Balaban J connectivity index is 4.57. The summed E-state index contributed by atoms with van der Waals surface area (Å²) in [6.45, 7) is 3.58. The normalized spacial score (nSPS) is 12.4. The molecule has 0 atom stereocenters. The number of carbonyl (C=O) groups is 2. The number of carboxylic acids is 1. The standard InChI is InChI=1S/C10H17NO4/c1-5-15-10(14)8(2)6-11(3,4)7-9(12)13/h6H,5,7H2,1-4H3/p+1. The number of esters is 1. The monoisotopic (exact) mass is 216 g/mol. The molecule has 0 aliphatic carbocycles. The topological polar surface area (TPSA) is 63.6 Å². The number of ether oxygens (including phenoxy) is 1. The Morgan fingerprint density at radius 3 is 2.33 bits per heavy atom. The van der Waals surface area contributed by atoms with Gasteiger partial charge >= 0.3 is 11.9 Å². The van der Waals surface area contributed by atoms with Crippen LogP contribution in [0, 0.1) is 0 Å². The van der Waals surface area contributed by atoms with Crippen molar-refractivity contribution in [2.24, 2.45) is 0 Å². The fraction of sp³-hybridized carbons (Fsp3) is 0.600. The van der Waals surface area contributed by atoms with Gasteiger partial charge in [-0.3, -0.25) is 4.48 Å². The molecule has 0 bridgehead atoms. The molecule has 0 aromatic rings. The molecule has 0 unspecified atom stereocenters. The van der Waals surface area contributed by atoms with Crippen molar-refractivity contribution >= 4 is 11.9 Å². The van der Waals surface area contributed by atoms with Crippen LogP contribution in [-0.4, -0.2) is 48.8 Å². The minimum absolute atomic E-state index is 0.0727. The van der Waals surface area contributed by atoms with Gasteiger partial charge in [0.05, 0.1) is 26.3 Å². The molecule has 0 aromatic heterocycles. The average molecular weight is 216 g/mol. The number of rotatable bonds is 5. The van der Waals surface area contributed by atoms with Gasteiger partial charge in [-0.05, 0) is 13.8 Å². The zero-order valence-electron chi connectivity index (χ0n) is 9.61. The van der Waals surface area contributed by atoms with Crippen molar-refractivity contribution < 1.29 is 23.9 Å². The molecule has 0 rings (SSSR count). The van der Waals surface area contributed by atoms with E-state index in [2.05, 4.69) is 0 Å². The van der Waals surface area contributed by atoms with E-state index in [0.717, 1.165) is 0 Å². The summed E-state index contributed by atoms with van der Waals surface area (Å²) in [7, 11) is 3.41. The van der Waals surface area contributed by atoms with Crippen LogP contribution in [0.2, 0.25) is 0 Å². The fourth-order valence-corrected chi connectivity index (χ4v) is 1.22. The predicted octanol–water partition coefficient (Wildman–Crippen LogP) is 0.614. The summed E-state index contributed by atoms with van der Waals surface area (Å²) < 4.78 is 4.90. The highest BCUT2D eigenvalue weighted by molar-refractivity contribution is 5.87. The van der Waals surface area contributed by atoms with Crippen LogP contribution in [0.4, 0.5) is 0 Å². The molecule has 0 aliphatic rings. The minimum Gasteiger partial charge on any atom is -0.477 e. The van der Waals surface area contributed by atoms with E-state index in [9.17, 15) is 9.59 Å². The van der Waals surface area contributed by atoms with Crippen LogP contribution in [0.15, 0.2) is 11.8 Å². The second kappa shape index (κ2) is 5.50. The lowest BCUT2D eigenvalue weighted by molar-refractivity contribution is -0.831. The Morgan fingerprint density at radius 2 is 1.93 bits per heavy atom. The summed E-state index contributed by atoms with van der Waals surface area (Å²) in [5, 5.41) is 8.64. The molecule has 0 aromatic carbocycles. The average Bonchev–Trinajstić information content (AvgIpc) is 2.00. The molecule has 0 fully saturated rings. The Kier molecular flexibility index (Phi) is 5.00. The van der Waals surface area contributed by atoms with Crippen LogP contribution in [-0.2, 0) is 14.3 Å². The minimum atomic E-state index is -0.909. The highest BCUT2D eigenvalue weighted by Crippen LogP contribution is 2.05. The van der Waals surface area contributed by atoms with Crippen molar-refractivity contribution in [1.29, 1.82) is 0 Å². The number of aliphatic carboxylic acids is 1. The zero-order valence-corrected chi connectivity index (χ0v) is 9.61. The molecule has 86 valence electrons. The van der Waals surface area contributed by atoms with Gasteiger partial charge in [0, 0.05) is 0 Å². The molecular formula is C10H18NO4+. The smallest absolute Gasteiger partial charge is 0.359 e. The van der Waals surface area contributed by atoms with Crippen LogP contribution in [0.5, 0.6) is 0 Å². The zero-order chi connectivity index (χ0) is 12.1. The second-order valence-corrected chi connectivity index (χ2v) is 3.86. The number of hydrogen-bond acceptors (Lipinski definition) is 3. The van der Waals surface area contributed by atoms with Crippen molar-refractivity contribution in [2.75, 3.05) is 27.2 Å². The first-order chi connectivity index (χ1) is 6.78. The fourth-order valence-electron chi connectivity index (χ4n) is 1.22. The van der Waals surface area contributed by atoms with E-state index < -0.39 is 11.9 Å². The molecule has 0 spiro atoms. The lowest BCUT2D eigenvalue weighted by Crippen LogP contribution is -2.39. The molecule has 5 heteroatoms. The number of hydrogen-bond donors (Lipinski definition) is 1. The maximum atomic E-state index is 11.3. The van der Waals surface area contributed by atoms with Gasteiger partial charge in [-0.1, -0.05) is 0 Å². The first-order valence-corrected chi connectivity index (χ1v) is 4.69. The lowest BCUT2D eigenvalue weighted by Gasteiger charge is -2.23. The van der Waals surface area contributed by atoms with Gasteiger partial charge in [0.15, 0.2) is 6.54 Å². The summed E-state index contributed by atoms with van der Waals surface area (Å²) in [4.78, 5) is 21.8. The van der Waals surface area contributed by atoms with Gasteiger partial charge < -0.3 is 9.84 Å². The molecule has 5 nitrogen and oxygen atoms in total. The summed E-state index contributed by atoms with van der Waals surface area (Å²) in [6, 6.07) is 0. The first-order valence-electron chi connectivity index (χ1n) is 4.69. The van der Waals surface area contributed by atoms with Crippen LogP contribution in [0.3, 0.4) is 0 Å². The summed E-state index contributed by atoms with van der Waals surface area (Å²) in [5.41, 5.74) is 0.420. The molecule has 15 heavy (non-hydrogen) atoms. The van der Waals surface area contributed by atoms with Gasteiger partial charge in [0.2, 0.25) is 0 Å². The van der Waals surface area contributed by atoms with Gasteiger partial charge in [0.1, 0.15) is 6.20 Å². The number of nitrogens with zero attached hydrogens (tertiary/aromatic N) is 1. The van der Waals surface area contributed by atoms with Crippen LogP contribution < -0.4 is 0 Å². The Bertz CT molecular complexity index is 281. The Hall–Kier alpha value is -1.36. The van der Waals surface area contributed by atoms with E-state index >= 15 is 0 Å². The second-order valence-electron chi connectivity index (χ2n) is 3.86. The third-order valence-electron chi connectivity index (χ3n) is 1.68. The van der Waals surface area contributed by atoms with E-state index in [1.165, 1.54) is 0 Å². The lowest BCUT2D eigenvalue weighted by atomic mass is 10.3. The van der Waals surface area contributed by atoms with Crippen LogP contribution in [0.25, 0.3) is 0 Å². The van der Waals surface area contributed by atoms with Gasteiger partial charge in [0.25, 0.3) is 0 Å². The molecule has 0 amide bonds. The number of carboxylic acid groups (broad SMARTS) is 1. The first kappa shape index (κ1) is 13.6. The predicted molar refractivity (Wildman–Crippen MR) is 55.0 cm³/mol. The van der Waals surface area contributed by atoms with E-state index in [4.69, 9.17) is 9.84 Å². The summed E-state index contributed by atoms with van der Waals surface area (Å²) in [6.07, 6.45) is 1.58. The molecule has 0 saturated heterocycles. The van der Waals surface area contributed by atoms with E-state index in [0.29, 0.717) is 12.2 Å². The quantitative estimate of drug-likeness (QED) is 0.415. The third kappa shape index (κ3) is 5.85. The Morgan fingerprint density at radius 1 is 1.40 bits per heavy atom. The summed E-state index contributed by atoms with van der Waals surface area (Å²) in [5.74, 6) is -1.32. The summed E-state index contributed by atoms with van der Waals surface area (Å²) >= 11 is 0. The van der Waals surface area contributed by atoms with Crippen molar-refractivity contribution in [3.8, 4) is 0 Å². The molecule has 1 N–H and O–H groups in total. The SMILES string of the molecule is CCOC(=O)C(C)=C[N+](C)(C)CC(=O)O. The van der Waals surface area contributed by atoms with Gasteiger partial charge in [-0.25, -0.2) is 9.59 Å². The molecule has 0 saturated carbocycles. The highest BCUT2D eigenvalue weighted by atomic mass is 16.5. The van der Waals surface area contributed by atoms with Crippen molar-refractivity contribution in [3.63, 3.8) is 0 Å². The Labute approximate surface area is 89.5 Å². The van der Waals surface area contributed by atoms with Gasteiger partial charge in [-0.2, -0.15) is 0 Å². The highest BCUT2D eigenvalue weighted by Gasteiger charge is 2.19. The maximum absolute atomic E-state index is 11.3. The molecule has 0 radical (unpaired) electrons. The largest absolute Gasteiger partial charge is 0.477 e. The maximum Gasteiger partial charge on any atom is 0.359 e. The van der Waals surface area contributed by atoms with E-state index in [-0.39, 0.29) is 11.0 Å². The third-order valence-corrected chi connectivity index (χ3v) is 1.68. The van der Waals surface area contributed by atoms with E-state index in [1.807, 2.05) is 0 Å². The number of quaternary nitrogens is 1. The van der Waals surface area contributed by atoms with Crippen LogP contribution in [0.1, 0.15) is 13.8 Å². The van der Waals surface area contributed by atoms with Crippen molar-refractivity contribution in [1.82, 2.24) is 0 Å². The van der Waals surface area contributed by atoms with Gasteiger partial charge in [-0.15, -0.1) is 0 Å². The molecule has 0 heterocycles. The number of carbonyl (C=O) groups excluding carboxylic acids is 1. The molecule has 0 aliphatic heterocycles.